The van der Waals surface area contributed by atoms with Crippen molar-refractivity contribution in [3.63, 3.8) is 0 Å². The monoisotopic (exact) mass is 227 g/mol. The molecule has 1 rings (SSSR count). The molecule has 0 spiro atoms. The van der Waals surface area contributed by atoms with E-state index in [1.807, 2.05) is 0 Å². The van der Waals surface area contributed by atoms with E-state index in [-0.39, 0.29) is 6.04 Å². The van der Waals surface area contributed by atoms with Crippen LogP contribution in [0.25, 0.3) is 0 Å². The van der Waals surface area contributed by atoms with Crippen LogP contribution in [0.15, 0.2) is 0 Å². The van der Waals surface area contributed by atoms with Crippen LogP contribution in [0.2, 0.25) is 0 Å². The fraction of sp³-hybridized carbons (Fsp3) is 0.833. The quantitative estimate of drug-likeness (QED) is 0.548. The molecule has 0 aromatic rings. The minimum absolute atomic E-state index is 0.147. The van der Waals surface area contributed by atoms with Gasteiger partial charge in [-0.2, -0.15) is 0 Å². The molecular formula is C12H21NO3. The van der Waals surface area contributed by atoms with Crippen molar-refractivity contribution in [1.82, 2.24) is 5.32 Å². The van der Waals surface area contributed by atoms with Gasteiger partial charge in [-0.15, -0.1) is 0 Å². The highest BCUT2D eigenvalue weighted by atomic mass is 16.6. The molecule has 0 heterocycles. The maximum Gasteiger partial charge on any atom is 0.397 e. The van der Waals surface area contributed by atoms with Crippen molar-refractivity contribution in [2.24, 2.45) is 0 Å². The molecule has 1 N–H and O–H groups in total. The molecule has 0 atom stereocenters. The van der Waals surface area contributed by atoms with Crippen LogP contribution in [0, 0.1) is 0 Å². The second-order valence-corrected chi connectivity index (χ2v) is 5.31. The van der Waals surface area contributed by atoms with Gasteiger partial charge in [-0.25, -0.2) is 4.79 Å². The number of carbonyl (C=O) groups excluding carboxylic acids is 2. The zero-order valence-electron chi connectivity index (χ0n) is 10.3. The Bertz CT molecular complexity index is 262. The molecule has 0 aromatic carbocycles. The summed E-state index contributed by atoms with van der Waals surface area (Å²) in [5.74, 6) is -1.39. The van der Waals surface area contributed by atoms with Gasteiger partial charge in [-0.1, -0.05) is 19.3 Å². The first-order chi connectivity index (χ1) is 7.38. The Labute approximate surface area is 96.7 Å². The van der Waals surface area contributed by atoms with Crippen LogP contribution >= 0.6 is 0 Å². The summed E-state index contributed by atoms with van der Waals surface area (Å²) in [5.41, 5.74) is -0.610. The zero-order chi connectivity index (χ0) is 12.2. The van der Waals surface area contributed by atoms with Crippen molar-refractivity contribution in [3.8, 4) is 0 Å². The van der Waals surface area contributed by atoms with Crippen molar-refractivity contribution in [2.75, 3.05) is 0 Å². The summed E-state index contributed by atoms with van der Waals surface area (Å²) in [5, 5.41) is 2.73. The Morgan fingerprint density at radius 2 is 1.69 bits per heavy atom. The van der Waals surface area contributed by atoms with Crippen molar-refractivity contribution in [3.05, 3.63) is 0 Å². The zero-order valence-corrected chi connectivity index (χ0v) is 10.3. The molecule has 0 saturated heterocycles. The molecular weight excluding hydrogens is 206 g/mol. The molecule has 4 nitrogen and oxygen atoms in total. The van der Waals surface area contributed by atoms with E-state index in [0.29, 0.717) is 0 Å². The van der Waals surface area contributed by atoms with Crippen LogP contribution in [0.3, 0.4) is 0 Å². The number of esters is 1. The number of rotatable bonds is 1. The summed E-state index contributed by atoms with van der Waals surface area (Å²) in [4.78, 5) is 22.9. The molecule has 1 aliphatic rings. The highest BCUT2D eigenvalue weighted by molar-refractivity contribution is 6.32. The van der Waals surface area contributed by atoms with Crippen LogP contribution in [0.1, 0.15) is 52.9 Å². The number of ether oxygens (including phenoxy) is 1. The van der Waals surface area contributed by atoms with Gasteiger partial charge >= 0.3 is 11.9 Å². The van der Waals surface area contributed by atoms with Gasteiger partial charge in [-0.3, -0.25) is 4.79 Å². The molecule has 0 radical (unpaired) electrons. The normalized spacial score (nSPS) is 17.9. The number of carbonyl (C=O) groups is 2. The lowest BCUT2D eigenvalue weighted by Gasteiger charge is -2.24. The van der Waals surface area contributed by atoms with Gasteiger partial charge in [0.05, 0.1) is 0 Å². The Morgan fingerprint density at radius 1 is 1.12 bits per heavy atom. The maximum absolute atomic E-state index is 11.5. The van der Waals surface area contributed by atoms with E-state index in [9.17, 15) is 9.59 Å². The molecule has 0 aromatic heterocycles. The van der Waals surface area contributed by atoms with E-state index >= 15 is 0 Å². The number of nitrogens with one attached hydrogen (secondary N) is 1. The fourth-order valence-corrected chi connectivity index (χ4v) is 1.82. The van der Waals surface area contributed by atoms with Gasteiger partial charge in [-0.05, 0) is 33.6 Å². The number of hydrogen-bond donors (Lipinski definition) is 1. The van der Waals surface area contributed by atoms with Gasteiger partial charge in [0.15, 0.2) is 0 Å². The van der Waals surface area contributed by atoms with Gasteiger partial charge in [0, 0.05) is 6.04 Å². The first kappa shape index (κ1) is 13.0. The molecule has 0 bridgehead atoms. The van der Waals surface area contributed by atoms with Crippen molar-refractivity contribution < 1.29 is 14.3 Å². The van der Waals surface area contributed by atoms with E-state index in [0.717, 1.165) is 25.7 Å². The van der Waals surface area contributed by atoms with E-state index < -0.39 is 17.5 Å². The van der Waals surface area contributed by atoms with Gasteiger partial charge in [0.2, 0.25) is 0 Å². The Balaban J connectivity index is 2.36. The topological polar surface area (TPSA) is 55.4 Å². The average Bonchev–Trinajstić information content (AvgIpc) is 2.16. The first-order valence-electron chi connectivity index (χ1n) is 5.92. The van der Waals surface area contributed by atoms with E-state index in [2.05, 4.69) is 5.32 Å². The summed E-state index contributed by atoms with van der Waals surface area (Å²) < 4.78 is 4.99. The standard InChI is InChI=1S/C12H21NO3/c1-12(2,3)16-11(15)10(14)13-9-7-5-4-6-8-9/h9H,4-8H2,1-3H3,(H,13,14). The van der Waals surface area contributed by atoms with Gasteiger partial charge in [0.1, 0.15) is 5.60 Å². The lowest BCUT2D eigenvalue weighted by Crippen LogP contribution is -2.43. The minimum Gasteiger partial charge on any atom is -0.453 e. The molecule has 92 valence electrons. The Kier molecular flexibility index (Phi) is 4.33. The Morgan fingerprint density at radius 3 is 2.19 bits per heavy atom. The van der Waals surface area contributed by atoms with Crippen molar-refractivity contribution in [2.45, 2.75) is 64.5 Å². The number of amides is 1. The summed E-state index contributed by atoms with van der Waals surface area (Å²) in [6.07, 6.45) is 5.40. The van der Waals surface area contributed by atoms with Crippen LogP contribution < -0.4 is 5.32 Å². The lowest BCUT2D eigenvalue weighted by atomic mass is 9.95. The van der Waals surface area contributed by atoms with E-state index in [4.69, 9.17) is 4.74 Å². The molecule has 1 aliphatic carbocycles. The third kappa shape index (κ3) is 4.64. The van der Waals surface area contributed by atoms with Gasteiger partial charge in [0.25, 0.3) is 0 Å². The average molecular weight is 227 g/mol. The summed E-state index contributed by atoms with van der Waals surface area (Å²) >= 11 is 0. The molecule has 1 amide bonds. The lowest BCUT2D eigenvalue weighted by molar-refractivity contribution is -0.163. The summed E-state index contributed by atoms with van der Waals surface area (Å²) in [6.45, 7) is 5.25. The predicted molar refractivity (Wildman–Crippen MR) is 60.9 cm³/mol. The fourth-order valence-electron chi connectivity index (χ4n) is 1.82. The molecule has 1 fully saturated rings. The molecule has 0 unspecified atom stereocenters. The predicted octanol–water partition coefficient (Wildman–Crippen LogP) is 1.78. The molecule has 16 heavy (non-hydrogen) atoms. The van der Waals surface area contributed by atoms with E-state index in [1.54, 1.807) is 20.8 Å². The van der Waals surface area contributed by atoms with Crippen LogP contribution in [-0.4, -0.2) is 23.5 Å². The van der Waals surface area contributed by atoms with E-state index in [1.165, 1.54) is 6.42 Å². The van der Waals surface area contributed by atoms with Crippen LogP contribution in [0.4, 0.5) is 0 Å². The van der Waals surface area contributed by atoms with Crippen molar-refractivity contribution in [1.29, 1.82) is 0 Å². The molecule has 0 aliphatic heterocycles. The maximum atomic E-state index is 11.5. The third-order valence-corrected chi connectivity index (χ3v) is 2.52. The second kappa shape index (κ2) is 5.32. The first-order valence-corrected chi connectivity index (χ1v) is 5.92. The largest absolute Gasteiger partial charge is 0.453 e. The minimum atomic E-state index is -0.780. The van der Waals surface area contributed by atoms with Gasteiger partial charge < -0.3 is 10.1 Å². The second-order valence-electron chi connectivity index (χ2n) is 5.31. The SMILES string of the molecule is CC(C)(C)OC(=O)C(=O)NC1CCCCC1. The summed E-state index contributed by atoms with van der Waals surface area (Å²) in [7, 11) is 0. The molecule has 1 saturated carbocycles. The summed E-state index contributed by atoms with van der Waals surface area (Å²) in [6, 6.07) is 0.147. The number of hydrogen-bond acceptors (Lipinski definition) is 3. The highest BCUT2D eigenvalue weighted by Gasteiger charge is 2.25. The van der Waals surface area contributed by atoms with Crippen LogP contribution in [0.5, 0.6) is 0 Å². The Hall–Kier alpha value is -1.06. The van der Waals surface area contributed by atoms with Crippen molar-refractivity contribution >= 4 is 11.9 Å². The molecule has 4 heteroatoms. The smallest absolute Gasteiger partial charge is 0.397 e. The van der Waals surface area contributed by atoms with Crippen LogP contribution in [-0.2, 0) is 14.3 Å². The highest BCUT2D eigenvalue weighted by Crippen LogP contribution is 2.17. The third-order valence-electron chi connectivity index (χ3n) is 2.52.